The van der Waals surface area contributed by atoms with Crippen LogP contribution in [0.15, 0.2) is 42.0 Å². The van der Waals surface area contributed by atoms with Crippen LogP contribution in [0, 0.1) is 31.6 Å². The fraction of sp³-hybridized carbons (Fsp3) is 0.600. The second kappa shape index (κ2) is 11.8. The Bertz CT molecular complexity index is 1040. The van der Waals surface area contributed by atoms with Crippen molar-refractivity contribution >= 4 is 11.9 Å². The molecule has 0 bridgehead atoms. The van der Waals surface area contributed by atoms with Gasteiger partial charge in [-0.1, -0.05) is 44.2 Å². The second-order valence-corrected chi connectivity index (χ2v) is 10.9. The maximum absolute atomic E-state index is 13.3. The van der Waals surface area contributed by atoms with Crippen molar-refractivity contribution in [1.82, 2.24) is 0 Å². The maximum Gasteiger partial charge on any atom is 0.347 e. The molecule has 202 valence electrons. The van der Waals surface area contributed by atoms with Gasteiger partial charge in [0.05, 0.1) is 18.6 Å². The summed E-state index contributed by atoms with van der Waals surface area (Å²) in [5, 5.41) is 20.5. The zero-order valence-corrected chi connectivity index (χ0v) is 22.3. The highest BCUT2D eigenvalue weighted by atomic mass is 16.6. The van der Waals surface area contributed by atoms with Gasteiger partial charge in [-0.15, -0.1) is 0 Å². The number of ether oxygens (including phenoxy) is 3. The molecule has 2 aliphatic carbocycles. The summed E-state index contributed by atoms with van der Waals surface area (Å²) in [6, 6.07) is 5.90. The molecule has 0 aromatic heterocycles. The molecule has 1 heterocycles. The SMILES string of the molecule is CC[C@H](Oc1cc(C)ccc1C)C(=O)OC1CC(O)C=C2C=CC(C)C(CC[C@@H]3C[C@@H](O)CC(=O)O3)C21. The quantitative estimate of drug-likeness (QED) is 0.499. The molecule has 1 saturated heterocycles. The van der Waals surface area contributed by atoms with E-state index in [-0.39, 0.29) is 36.2 Å². The Labute approximate surface area is 219 Å². The summed E-state index contributed by atoms with van der Waals surface area (Å²) < 4.78 is 17.7. The first kappa shape index (κ1) is 27.4. The highest BCUT2D eigenvalue weighted by Gasteiger charge is 2.43. The fourth-order valence-corrected chi connectivity index (χ4v) is 5.91. The number of benzene rings is 1. The third-order valence-electron chi connectivity index (χ3n) is 7.94. The Kier molecular flexibility index (Phi) is 8.75. The number of aliphatic hydroxyl groups excluding tert-OH is 2. The number of fused-ring (bicyclic) bond motifs is 1. The van der Waals surface area contributed by atoms with Crippen LogP contribution in [-0.4, -0.2) is 52.7 Å². The summed E-state index contributed by atoms with van der Waals surface area (Å²) >= 11 is 0. The molecule has 37 heavy (non-hydrogen) atoms. The summed E-state index contributed by atoms with van der Waals surface area (Å²) in [4.78, 5) is 25.1. The lowest BCUT2D eigenvalue weighted by atomic mass is 9.66. The smallest absolute Gasteiger partial charge is 0.347 e. The van der Waals surface area contributed by atoms with Crippen LogP contribution in [0.5, 0.6) is 5.75 Å². The van der Waals surface area contributed by atoms with E-state index in [1.807, 2.05) is 51.1 Å². The summed E-state index contributed by atoms with van der Waals surface area (Å²) in [7, 11) is 0. The van der Waals surface area contributed by atoms with Crippen molar-refractivity contribution in [2.24, 2.45) is 17.8 Å². The minimum Gasteiger partial charge on any atom is -0.478 e. The lowest BCUT2D eigenvalue weighted by Gasteiger charge is -2.43. The van der Waals surface area contributed by atoms with E-state index in [0.29, 0.717) is 31.4 Å². The van der Waals surface area contributed by atoms with Crippen LogP contribution in [0.1, 0.15) is 63.5 Å². The van der Waals surface area contributed by atoms with Crippen molar-refractivity contribution in [1.29, 1.82) is 0 Å². The lowest BCUT2D eigenvalue weighted by molar-refractivity contribution is -0.165. The van der Waals surface area contributed by atoms with Crippen molar-refractivity contribution in [3.8, 4) is 5.75 Å². The molecule has 7 nitrogen and oxygen atoms in total. The monoisotopic (exact) mass is 512 g/mol. The zero-order valence-electron chi connectivity index (χ0n) is 22.3. The van der Waals surface area contributed by atoms with Gasteiger partial charge in [-0.25, -0.2) is 4.79 Å². The molecule has 7 heteroatoms. The number of carbonyl (C=O) groups is 2. The van der Waals surface area contributed by atoms with Gasteiger partial charge in [-0.2, -0.15) is 0 Å². The Morgan fingerprint density at radius 1 is 1.19 bits per heavy atom. The average molecular weight is 513 g/mol. The molecule has 3 aliphatic rings. The third-order valence-corrected chi connectivity index (χ3v) is 7.94. The molecule has 5 unspecified atom stereocenters. The summed E-state index contributed by atoms with van der Waals surface area (Å²) in [6.07, 6.45) is 5.78. The Balaban J connectivity index is 1.49. The zero-order chi connectivity index (χ0) is 26.7. The first-order valence-electron chi connectivity index (χ1n) is 13.5. The minimum atomic E-state index is -0.745. The van der Waals surface area contributed by atoms with Crippen molar-refractivity contribution in [2.45, 2.75) is 96.7 Å². The highest BCUT2D eigenvalue weighted by molar-refractivity contribution is 5.75. The van der Waals surface area contributed by atoms with Gasteiger partial charge < -0.3 is 24.4 Å². The number of aliphatic hydroxyl groups is 2. The van der Waals surface area contributed by atoms with Crippen molar-refractivity contribution < 1.29 is 34.0 Å². The largest absolute Gasteiger partial charge is 0.478 e. The first-order chi connectivity index (χ1) is 17.6. The Morgan fingerprint density at radius 3 is 2.70 bits per heavy atom. The number of carbonyl (C=O) groups excluding carboxylic acids is 2. The van der Waals surface area contributed by atoms with E-state index in [4.69, 9.17) is 14.2 Å². The Hall–Kier alpha value is -2.64. The number of rotatable bonds is 8. The number of cyclic esters (lactones) is 1. The minimum absolute atomic E-state index is 0.0488. The van der Waals surface area contributed by atoms with Gasteiger partial charge in [0.25, 0.3) is 0 Å². The number of esters is 2. The molecule has 0 spiro atoms. The van der Waals surface area contributed by atoms with E-state index < -0.39 is 30.4 Å². The van der Waals surface area contributed by atoms with Gasteiger partial charge in [0.2, 0.25) is 0 Å². The predicted molar refractivity (Wildman–Crippen MR) is 139 cm³/mol. The summed E-state index contributed by atoms with van der Waals surface area (Å²) in [5.41, 5.74) is 2.98. The van der Waals surface area contributed by atoms with E-state index in [0.717, 1.165) is 23.1 Å². The van der Waals surface area contributed by atoms with Gasteiger partial charge in [0.1, 0.15) is 18.0 Å². The standard InChI is InChI=1S/C30H40O7/c1-5-25(36-26-12-17(2)6-7-19(26)4)30(34)37-27-15-21(31)13-20-9-8-18(3)24(29(20)27)11-10-23-14-22(32)16-28(33)35-23/h6-9,12-13,18,21-25,27,29,31-32H,5,10-11,14-16H2,1-4H3/t18?,21?,22-,23-,24?,25+,27?,29?/m1/s1. The van der Waals surface area contributed by atoms with Crippen LogP contribution in [-0.2, 0) is 19.1 Å². The van der Waals surface area contributed by atoms with E-state index in [9.17, 15) is 19.8 Å². The summed E-state index contributed by atoms with van der Waals surface area (Å²) in [6.45, 7) is 7.97. The third kappa shape index (κ3) is 6.63. The van der Waals surface area contributed by atoms with Crippen LogP contribution < -0.4 is 4.74 Å². The highest BCUT2D eigenvalue weighted by Crippen LogP contribution is 2.44. The van der Waals surface area contributed by atoms with Crippen LogP contribution in [0.25, 0.3) is 0 Å². The van der Waals surface area contributed by atoms with Crippen LogP contribution >= 0.6 is 0 Å². The van der Waals surface area contributed by atoms with Crippen LogP contribution in [0.4, 0.5) is 0 Å². The number of hydrogen-bond donors (Lipinski definition) is 2. The van der Waals surface area contributed by atoms with Gasteiger partial charge in [0, 0.05) is 18.8 Å². The molecule has 4 rings (SSSR count). The lowest BCUT2D eigenvalue weighted by Crippen LogP contribution is -2.44. The number of aryl methyl sites for hydroxylation is 2. The molecule has 2 N–H and O–H groups in total. The van der Waals surface area contributed by atoms with Crippen LogP contribution in [0.2, 0.25) is 0 Å². The van der Waals surface area contributed by atoms with Crippen molar-refractivity contribution in [3.63, 3.8) is 0 Å². The van der Waals surface area contributed by atoms with Crippen LogP contribution in [0.3, 0.4) is 0 Å². The molecule has 8 atom stereocenters. The van der Waals surface area contributed by atoms with Gasteiger partial charge in [-0.3, -0.25) is 4.79 Å². The second-order valence-electron chi connectivity index (χ2n) is 10.9. The van der Waals surface area contributed by atoms with Gasteiger partial charge in [0.15, 0.2) is 6.10 Å². The van der Waals surface area contributed by atoms with Crippen molar-refractivity contribution in [3.05, 3.63) is 53.1 Å². The van der Waals surface area contributed by atoms with E-state index >= 15 is 0 Å². The molecule has 0 amide bonds. The molecule has 1 aromatic carbocycles. The predicted octanol–water partition coefficient (Wildman–Crippen LogP) is 4.35. The molecule has 1 aliphatic heterocycles. The molecule has 0 radical (unpaired) electrons. The molecule has 1 fully saturated rings. The molecule has 1 aromatic rings. The van der Waals surface area contributed by atoms with E-state index in [2.05, 4.69) is 13.0 Å². The molecular formula is C30H40O7. The van der Waals surface area contributed by atoms with Gasteiger partial charge >= 0.3 is 11.9 Å². The molecule has 0 saturated carbocycles. The number of hydrogen-bond acceptors (Lipinski definition) is 7. The average Bonchev–Trinajstić information content (AvgIpc) is 2.83. The van der Waals surface area contributed by atoms with E-state index in [1.54, 1.807) is 0 Å². The van der Waals surface area contributed by atoms with Gasteiger partial charge in [-0.05, 0) is 67.7 Å². The van der Waals surface area contributed by atoms with E-state index in [1.165, 1.54) is 0 Å². The Morgan fingerprint density at radius 2 is 1.97 bits per heavy atom. The first-order valence-corrected chi connectivity index (χ1v) is 13.5. The maximum atomic E-state index is 13.3. The molecular weight excluding hydrogens is 472 g/mol. The topological polar surface area (TPSA) is 102 Å². The number of allylic oxidation sites excluding steroid dienone is 2. The summed E-state index contributed by atoms with van der Waals surface area (Å²) in [5.74, 6) is 0.171. The van der Waals surface area contributed by atoms with Crippen molar-refractivity contribution in [2.75, 3.05) is 0 Å². The fourth-order valence-electron chi connectivity index (χ4n) is 5.91. The normalized spacial score (nSPS) is 32.1.